The van der Waals surface area contributed by atoms with Gasteiger partial charge in [0.25, 0.3) is 0 Å². The van der Waals surface area contributed by atoms with Crippen LogP contribution in [-0.4, -0.2) is 0 Å². The van der Waals surface area contributed by atoms with E-state index in [1.54, 1.807) is 6.92 Å². The van der Waals surface area contributed by atoms with Crippen molar-refractivity contribution in [2.75, 3.05) is 0 Å². The Kier molecular flexibility index (Phi) is 2.32. The fourth-order valence-electron chi connectivity index (χ4n) is 0.628. The Bertz CT molecular complexity index is 233. The third-order valence-electron chi connectivity index (χ3n) is 1.27. The van der Waals surface area contributed by atoms with Gasteiger partial charge in [0.1, 0.15) is 5.82 Å². The van der Waals surface area contributed by atoms with E-state index in [1.807, 2.05) is 0 Å². The van der Waals surface area contributed by atoms with E-state index in [-0.39, 0.29) is 5.82 Å². The molecule has 0 N–H and O–H groups in total. The van der Waals surface area contributed by atoms with Gasteiger partial charge in [-0.2, -0.15) is 0 Å². The lowest BCUT2D eigenvalue weighted by molar-refractivity contribution is 0.619. The molecule has 0 unspecified atom stereocenters. The summed E-state index contributed by atoms with van der Waals surface area (Å²) in [4.78, 5) is 0. The van der Waals surface area contributed by atoms with Crippen LogP contribution in [0.1, 0.15) is 5.56 Å². The molecule has 0 spiro atoms. The van der Waals surface area contributed by atoms with E-state index in [0.717, 1.165) is 5.56 Å². The van der Waals surface area contributed by atoms with Crippen molar-refractivity contribution >= 4 is 27.5 Å². The van der Waals surface area contributed by atoms with Crippen molar-refractivity contribution in [3.8, 4) is 0 Å². The number of halogens is 3. The number of benzene rings is 1. The second-order valence-electron chi connectivity index (χ2n) is 1.97. The molecular formula is C7H5BrClF. The van der Waals surface area contributed by atoms with E-state index in [1.165, 1.54) is 12.1 Å². The lowest BCUT2D eigenvalue weighted by atomic mass is 10.2. The quantitative estimate of drug-likeness (QED) is 0.590. The fraction of sp³-hybridized carbons (Fsp3) is 0.143. The Morgan fingerprint density at radius 2 is 2.10 bits per heavy atom. The minimum Gasteiger partial charge on any atom is -0.206 e. The highest BCUT2D eigenvalue weighted by Crippen LogP contribution is 2.25. The Labute approximate surface area is 72.1 Å². The Morgan fingerprint density at radius 3 is 2.60 bits per heavy atom. The standard InChI is InChI=1S/C7H5BrClF/c1-4-5(9)2-3-6(10)7(4)8/h2-3H,1H3. The van der Waals surface area contributed by atoms with Crippen molar-refractivity contribution in [3.05, 3.63) is 33.0 Å². The average molecular weight is 223 g/mol. The van der Waals surface area contributed by atoms with Gasteiger partial charge in [0.2, 0.25) is 0 Å². The van der Waals surface area contributed by atoms with Crippen molar-refractivity contribution < 1.29 is 4.39 Å². The SMILES string of the molecule is Cc1c(Cl)ccc(F)c1Br. The van der Waals surface area contributed by atoms with Crippen LogP contribution >= 0.6 is 27.5 Å². The first kappa shape index (κ1) is 8.02. The molecule has 0 saturated heterocycles. The molecule has 0 aromatic heterocycles. The van der Waals surface area contributed by atoms with Gasteiger partial charge < -0.3 is 0 Å². The Morgan fingerprint density at radius 1 is 1.50 bits per heavy atom. The fourth-order valence-corrected chi connectivity index (χ4v) is 1.25. The summed E-state index contributed by atoms with van der Waals surface area (Å²) in [6.45, 7) is 1.76. The minimum absolute atomic E-state index is 0.276. The molecule has 54 valence electrons. The summed E-state index contributed by atoms with van der Waals surface area (Å²) in [5.74, 6) is -0.276. The molecule has 1 rings (SSSR count). The smallest absolute Gasteiger partial charge is 0.137 e. The highest BCUT2D eigenvalue weighted by Gasteiger charge is 2.04. The zero-order valence-corrected chi connectivity index (χ0v) is 7.63. The van der Waals surface area contributed by atoms with Crippen molar-refractivity contribution in [3.63, 3.8) is 0 Å². The van der Waals surface area contributed by atoms with Crippen molar-refractivity contribution in [1.29, 1.82) is 0 Å². The Balaban J connectivity index is 3.34. The van der Waals surface area contributed by atoms with Crippen molar-refractivity contribution in [1.82, 2.24) is 0 Å². The number of rotatable bonds is 0. The van der Waals surface area contributed by atoms with Crippen LogP contribution in [0.3, 0.4) is 0 Å². The number of hydrogen-bond donors (Lipinski definition) is 0. The zero-order valence-electron chi connectivity index (χ0n) is 5.29. The Hall–Kier alpha value is -0.0800. The molecule has 0 aliphatic carbocycles. The third kappa shape index (κ3) is 1.32. The molecule has 0 aliphatic rings. The highest BCUT2D eigenvalue weighted by atomic mass is 79.9. The van der Waals surface area contributed by atoms with Gasteiger partial charge in [-0.05, 0) is 40.5 Å². The van der Waals surface area contributed by atoms with E-state index in [9.17, 15) is 4.39 Å². The van der Waals surface area contributed by atoms with Crippen LogP contribution < -0.4 is 0 Å². The highest BCUT2D eigenvalue weighted by molar-refractivity contribution is 9.10. The molecule has 0 heterocycles. The minimum atomic E-state index is -0.276. The van der Waals surface area contributed by atoms with Crippen LogP contribution in [-0.2, 0) is 0 Å². The molecule has 0 bridgehead atoms. The average Bonchev–Trinajstić information content (AvgIpc) is 1.93. The molecule has 0 saturated carbocycles. The first-order valence-electron chi connectivity index (χ1n) is 2.73. The predicted molar refractivity (Wildman–Crippen MR) is 43.8 cm³/mol. The first-order valence-corrected chi connectivity index (χ1v) is 3.90. The summed E-state index contributed by atoms with van der Waals surface area (Å²) in [5, 5.41) is 0.577. The summed E-state index contributed by atoms with van der Waals surface area (Å²) in [7, 11) is 0. The van der Waals surface area contributed by atoms with Gasteiger partial charge in [0.05, 0.1) is 4.47 Å². The van der Waals surface area contributed by atoms with E-state index in [0.29, 0.717) is 9.50 Å². The van der Waals surface area contributed by atoms with E-state index in [4.69, 9.17) is 11.6 Å². The molecule has 0 atom stereocenters. The molecule has 0 amide bonds. The van der Waals surface area contributed by atoms with Crippen LogP contribution in [0.4, 0.5) is 4.39 Å². The van der Waals surface area contributed by atoms with Crippen LogP contribution in [0.5, 0.6) is 0 Å². The topological polar surface area (TPSA) is 0 Å². The largest absolute Gasteiger partial charge is 0.206 e. The van der Waals surface area contributed by atoms with E-state index < -0.39 is 0 Å². The maximum atomic E-state index is 12.7. The molecule has 0 nitrogen and oxygen atoms in total. The predicted octanol–water partition coefficient (Wildman–Crippen LogP) is 3.55. The maximum absolute atomic E-state index is 12.7. The summed E-state index contributed by atoms with van der Waals surface area (Å²) in [6.07, 6.45) is 0. The zero-order chi connectivity index (χ0) is 7.72. The van der Waals surface area contributed by atoms with Gasteiger partial charge in [-0.3, -0.25) is 0 Å². The normalized spacial score (nSPS) is 10.0. The van der Waals surface area contributed by atoms with Crippen LogP contribution in [0.25, 0.3) is 0 Å². The number of hydrogen-bond acceptors (Lipinski definition) is 0. The van der Waals surface area contributed by atoms with Gasteiger partial charge >= 0.3 is 0 Å². The van der Waals surface area contributed by atoms with Gasteiger partial charge in [-0.25, -0.2) is 4.39 Å². The maximum Gasteiger partial charge on any atom is 0.137 e. The monoisotopic (exact) mass is 222 g/mol. The van der Waals surface area contributed by atoms with Crippen LogP contribution in [0.2, 0.25) is 5.02 Å². The molecule has 1 aromatic carbocycles. The lowest BCUT2D eigenvalue weighted by Crippen LogP contribution is -1.82. The van der Waals surface area contributed by atoms with E-state index in [2.05, 4.69) is 15.9 Å². The molecule has 3 heteroatoms. The van der Waals surface area contributed by atoms with Gasteiger partial charge in [-0.1, -0.05) is 11.6 Å². The summed E-state index contributed by atoms with van der Waals surface area (Å²) >= 11 is 8.76. The first-order chi connectivity index (χ1) is 4.63. The lowest BCUT2D eigenvalue weighted by Gasteiger charge is -2.00. The summed E-state index contributed by atoms with van der Waals surface area (Å²) in [5.41, 5.74) is 0.738. The van der Waals surface area contributed by atoms with Crippen LogP contribution in [0.15, 0.2) is 16.6 Å². The molecule has 1 aromatic rings. The van der Waals surface area contributed by atoms with Crippen LogP contribution in [0, 0.1) is 12.7 Å². The molecule has 10 heavy (non-hydrogen) atoms. The van der Waals surface area contributed by atoms with Crippen molar-refractivity contribution in [2.24, 2.45) is 0 Å². The van der Waals surface area contributed by atoms with Crippen molar-refractivity contribution in [2.45, 2.75) is 6.92 Å². The summed E-state index contributed by atoms with van der Waals surface area (Å²) < 4.78 is 13.1. The third-order valence-corrected chi connectivity index (χ3v) is 2.66. The second-order valence-corrected chi connectivity index (χ2v) is 3.17. The molecule has 0 fully saturated rings. The summed E-state index contributed by atoms with van der Waals surface area (Å²) in [6, 6.07) is 2.87. The molecular weight excluding hydrogens is 218 g/mol. The van der Waals surface area contributed by atoms with Gasteiger partial charge in [0.15, 0.2) is 0 Å². The molecule has 0 aliphatic heterocycles. The van der Waals surface area contributed by atoms with Gasteiger partial charge in [0, 0.05) is 5.02 Å². The van der Waals surface area contributed by atoms with Gasteiger partial charge in [-0.15, -0.1) is 0 Å². The van der Waals surface area contributed by atoms with E-state index >= 15 is 0 Å². The molecule has 0 radical (unpaired) electrons. The second kappa shape index (κ2) is 2.89.